The van der Waals surface area contributed by atoms with Gasteiger partial charge < -0.3 is 16.0 Å². The number of aryl methyl sites for hydroxylation is 2. The monoisotopic (exact) mass is 235 g/mol. The first-order valence-corrected chi connectivity index (χ1v) is 6.44. The van der Waals surface area contributed by atoms with Crippen LogP contribution >= 0.6 is 0 Å². The zero-order valence-corrected chi connectivity index (χ0v) is 11.5. The van der Waals surface area contributed by atoms with Gasteiger partial charge in [0.2, 0.25) is 0 Å². The van der Waals surface area contributed by atoms with Gasteiger partial charge in [0.15, 0.2) is 0 Å². The number of hydrogen-bond donors (Lipinski definition) is 2. The van der Waals surface area contributed by atoms with E-state index in [1.54, 1.807) is 0 Å². The van der Waals surface area contributed by atoms with Crippen molar-refractivity contribution >= 4 is 11.4 Å². The van der Waals surface area contributed by atoms with Crippen molar-refractivity contribution in [2.24, 2.45) is 5.73 Å². The SMILES string of the molecule is CCNc1cc(N(CC)CCN)c(C)cc1C. The molecule has 0 aromatic heterocycles. The maximum atomic E-state index is 5.66. The quantitative estimate of drug-likeness (QED) is 0.796. The van der Waals surface area contributed by atoms with Gasteiger partial charge in [-0.1, -0.05) is 6.07 Å². The minimum Gasteiger partial charge on any atom is -0.385 e. The zero-order valence-electron chi connectivity index (χ0n) is 11.5. The number of nitrogens with one attached hydrogen (secondary N) is 1. The molecule has 0 bridgehead atoms. The van der Waals surface area contributed by atoms with E-state index in [1.165, 1.54) is 22.5 Å². The Kier molecular flexibility index (Phi) is 5.29. The van der Waals surface area contributed by atoms with E-state index in [4.69, 9.17) is 5.73 Å². The van der Waals surface area contributed by atoms with Crippen molar-refractivity contribution in [1.82, 2.24) is 0 Å². The van der Waals surface area contributed by atoms with Crippen molar-refractivity contribution in [3.8, 4) is 0 Å². The first-order chi connectivity index (χ1) is 8.13. The summed E-state index contributed by atoms with van der Waals surface area (Å²) in [5, 5.41) is 3.41. The fourth-order valence-electron chi connectivity index (χ4n) is 2.17. The zero-order chi connectivity index (χ0) is 12.8. The van der Waals surface area contributed by atoms with Gasteiger partial charge in [0, 0.05) is 37.6 Å². The molecule has 1 aromatic rings. The molecule has 0 saturated heterocycles. The summed E-state index contributed by atoms with van der Waals surface area (Å²) in [4.78, 5) is 2.33. The minimum atomic E-state index is 0.692. The van der Waals surface area contributed by atoms with Gasteiger partial charge in [0.05, 0.1) is 0 Å². The Morgan fingerprint density at radius 1 is 1.18 bits per heavy atom. The van der Waals surface area contributed by atoms with Crippen LogP contribution in [-0.2, 0) is 0 Å². The predicted molar refractivity (Wildman–Crippen MR) is 77.0 cm³/mol. The van der Waals surface area contributed by atoms with Crippen LogP contribution in [-0.4, -0.2) is 26.2 Å². The molecule has 0 saturated carbocycles. The molecule has 0 spiro atoms. The van der Waals surface area contributed by atoms with Crippen LogP contribution < -0.4 is 16.0 Å². The molecular formula is C14H25N3. The molecule has 3 heteroatoms. The molecule has 0 aliphatic heterocycles. The summed E-state index contributed by atoms with van der Waals surface area (Å²) in [5.74, 6) is 0. The molecule has 0 amide bonds. The predicted octanol–water partition coefficient (Wildman–Crippen LogP) is 2.52. The Morgan fingerprint density at radius 3 is 2.41 bits per heavy atom. The van der Waals surface area contributed by atoms with Crippen LogP contribution in [0.4, 0.5) is 11.4 Å². The number of nitrogens with zero attached hydrogens (tertiary/aromatic N) is 1. The maximum absolute atomic E-state index is 5.66. The standard InChI is InChI=1S/C14H25N3/c1-5-16-13-10-14(12(4)9-11(13)3)17(6-2)8-7-15/h9-10,16H,5-8,15H2,1-4H3. The third-order valence-electron chi connectivity index (χ3n) is 3.03. The molecule has 0 aliphatic carbocycles. The molecule has 1 rings (SSSR count). The lowest BCUT2D eigenvalue weighted by Gasteiger charge is -2.26. The van der Waals surface area contributed by atoms with Crippen molar-refractivity contribution in [3.05, 3.63) is 23.3 Å². The Morgan fingerprint density at radius 2 is 1.88 bits per heavy atom. The molecule has 1 aromatic carbocycles. The van der Waals surface area contributed by atoms with E-state index >= 15 is 0 Å². The van der Waals surface area contributed by atoms with Crippen LogP contribution in [0.25, 0.3) is 0 Å². The van der Waals surface area contributed by atoms with Crippen molar-refractivity contribution in [3.63, 3.8) is 0 Å². The van der Waals surface area contributed by atoms with E-state index in [1.807, 2.05) is 0 Å². The van der Waals surface area contributed by atoms with Gasteiger partial charge in [-0.25, -0.2) is 0 Å². The fourth-order valence-corrected chi connectivity index (χ4v) is 2.17. The first-order valence-electron chi connectivity index (χ1n) is 6.44. The molecule has 17 heavy (non-hydrogen) atoms. The topological polar surface area (TPSA) is 41.3 Å². The maximum Gasteiger partial charge on any atom is 0.0417 e. The van der Waals surface area contributed by atoms with Gasteiger partial charge in [0.1, 0.15) is 0 Å². The summed E-state index contributed by atoms with van der Waals surface area (Å²) in [7, 11) is 0. The number of anilines is 2. The third-order valence-corrected chi connectivity index (χ3v) is 3.03. The smallest absolute Gasteiger partial charge is 0.0417 e. The molecule has 0 fully saturated rings. The Labute approximate surface area is 105 Å². The summed E-state index contributed by atoms with van der Waals surface area (Å²) >= 11 is 0. The van der Waals surface area contributed by atoms with E-state index in [9.17, 15) is 0 Å². The summed E-state index contributed by atoms with van der Waals surface area (Å²) in [5.41, 5.74) is 10.8. The lowest BCUT2D eigenvalue weighted by molar-refractivity contribution is 0.813. The molecule has 0 heterocycles. The van der Waals surface area contributed by atoms with Crippen molar-refractivity contribution in [2.75, 3.05) is 36.4 Å². The number of rotatable bonds is 6. The van der Waals surface area contributed by atoms with E-state index in [0.29, 0.717) is 6.54 Å². The van der Waals surface area contributed by atoms with Crippen molar-refractivity contribution in [2.45, 2.75) is 27.7 Å². The van der Waals surface area contributed by atoms with E-state index in [-0.39, 0.29) is 0 Å². The average molecular weight is 235 g/mol. The van der Waals surface area contributed by atoms with E-state index < -0.39 is 0 Å². The lowest BCUT2D eigenvalue weighted by atomic mass is 10.1. The normalized spacial score (nSPS) is 10.4. The molecule has 3 N–H and O–H groups in total. The third kappa shape index (κ3) is 3.37. The summed E-state index contributed by atoms with van der Waals surface area (Å²) < 4.78 is 0. The van der Waals surface area contributed by atoms with Crippen LogP contribution in [0, 0.1) is 13.8 Å². The lowest BCUT2D eigenvalue weighted by Crippen LogP contribution is -2.29. The fraction of sp³-hybridized carbons (Fsp3) is 0.571. The van der Waals surface area contributed by atoms with Crippen LogP contribution in [0.3, 0.4) is 0 Å². The second-order valence-electron chi connectivity index (χ2n) is 4.35. The summed E-state index contributed by atoms with van der Waals surface area (Å²) in [6, 6.07) is 4.49. The second kappa shape index (κ2) is 6.50. The highest BCUT2D eigenvalue weighted by Gasteiger charge is 2.09. The molecule has 0 radical (unpaired) electrons. The van der Waals surface area contributed by atoms with Gasteiger partial charge in [0.25, 0.3) is 0 Å². The van der Waals surface area contributed by atoms with Crippen LogP contribution in [0.5, 0.6) is 0 Å². The van der Waals surface area contributed by atoms with Gasteiger partial charge in [-0.2, -0.15) is 0 Å². The molecule has 96 valence electrons. The summed E-state index contributed by atoms with van der Waals surface area (Å²) in [6.07, 6.45) is 0. The highest BCUT2D eigenvalue weighted by Crippen LogP contribution is 2.27. The van der Waals surface area contributed by atoms with Crippen LogP contribution in [0.2, 0.25) is 0 Å². The Bertz CT molecular complexity index is 361. The van der Waals surface area contributed by atoms with Crippen LogP contribution in [0.1, 0.15) is 25.0 Å². The minimum absolute atomic E-state index is 0.692. The van der Waals surface area contributed by atoms with Crippen molar-refractivity contribution in [1.29, 1.82) is 0 Å². The van der Waals surface area contributed by atoms with Gasteiger partial charge in [-0.15, -0.1) is 0 Å². The van der Waals surface area contributed by atoms with Crippen molar-refractivity contribution < 1.29 is 0 Å². The molecule has 0 aliphatic rings. The molecule has 0 unspecified atom stereocenters. The van der Waals surface area contributed by atoms with E-state index in [2.05, 4.69) is 50.0 Å². The van der Waals surface area contributed by atoms with Crippen LogP contribution in [0.15, 0.2) is 12.1 Å². The number of benzene rings is 1. The number of likely N-dealkylation sites (N-methyl/N-ethyl adjacent to an activating group) is 1. The molecule has 3 nitrogen and oxygen atoms in total. The van der Waals surface area contributed by atoms with Gasteiger partial charge in [-0.05, 0) is 44.9 Å². The second-order valence-corrected chi connectivity index (χ2v) is 4.35. The average Bonchev–Trinajstić information content (AvgIpc) is 2.30. The van der Waals surface area contributed by atoms with E-state index in [0.717, 1.165) is 19.6 Å². The molecular weight excluding hydrogens is 210 g/mol. The first kappa shape index (κ1) is 13.8. The summed E-state index contributed by atoms with van der Waals surface area (Å²) in [6.45, 7) is 12.1. The Hall–Kier alpha value is -1.22. The largest absolute Gasteiger partial charge is 0.385 e. The van der Waals surface area contributed by atoms with Gasteiger partial charge in [-0.3, -0.25) is 0 Å². The molecule has 0 atom stereocenters. The number of hydrogen-bond acceptors (Lipinski definition) is 3. The van der Waals surface area contributed by atoms with Gasteiger partial charge >= 0.3 is 0 Å². The Balaban J connectivity index is 3.08. The highest BCUT2D eigenvalue weighted by molar-refractivity contribution is 5.66. The highest BCUT2D eigenvalue weighted by atomic mass is 15.1. The number of nitrogens with two attached hydrogens (primary N) is 1.